The maximum absolute atomic E-state index is 8.09. The molecular formula is C44H38BN5. The molecule has 0 fully saturated rings. The second kappa shape index (κ2) is 11.9. The summed E-state index contributed by atoms with van der Waals surface area (Å²) < 4.78 is 4.49. The van der Waals surface area contributed by atoms with Gasteiger partial charge in [0.15, 0.2) is 5.69 Å². The molecule has 0 saturated heterocycles. The van der Waals surface area contributed by atoms with Crippen LogP contribution in [0, 0.1) is 20.4 Å². The molecular weight excluding hydrogens is 609 g/mol. The highest BCUT2D eigenvalue weighted by Crippen LogP contribution is 2.33. The number of fused-ring (bicyclic) bond motifs is 4. The Morgan fingerprint density at radius 2 is 1.44 bits per heavy atom. The molecule has 0 bridgehead atoms. The van der Waals surface area contributed by atoms with Crippen molar-refractivity contribution < 1.29 is 0 Å². The summed E-state index contributed by atoms with van der Waals surface area (Å²) >= 11 is 0. The van der Waals surface area contributed by atoms with E-state index in [1.807, 2.05) is 24.5 Å². The second-order valence-corrected chi connectivity index (χ2v) is 14.4. The number of aromatic nitrogens is 4. The van der Waals surface area contributed by atoms with Gasteiger partial charge in [-0.2, -0.15) is 0 Å². The first-order valence-electron chi connectivity index (χ1n) is 17.1. The van der Waals surface area contributed by atoms with Crippen LogP contribution in [0.4, 0.5) is 5.69 Å². The van der Waals surface area contributed by atoms with E-state index in [1.54, 1.807) is 0 Å². The van der Waals surface area contributed by atoms with Crippen molar-refractivity contribution in [3.63, 3.8) is 0 Å². The van der Waals surface area contributed by atoms with E-state index in [2.05, 4.69) is 153 Å². The third-order valence-electron chi connectivity index (χ3n) is 10.4. The molecule has 0 aliphatic carbocycles. The first-order valence-corrected chi connectivity index (χ1v) is 17.1. The van der Waals surface area contributed by atoms with Gasteiger partial charge in [-0.25, -0.2) is 9.83 Å². The van der Waals surface area contributed by atoms with Gasteiger partial charge in [0.2, 0.25) is 6.71 Å². The average Bonchev–Trinajstić information content (AvgIpc) is 3.58. The summed E-state index contributed by atoms with van der Waals surface area (Å²) in [5.41, 5.74) is 12.8. The Bertz CT molecular complexity index is 2630. The van der Waals surface area contributed by atoms with Crippen LogP contribution in [-0.4, -0.2) is 25.8 Å². The Hall–Kier alpha value is -5.93. The molecule has 6 heteroatoms. The first-order chi connectivity index (χ1) is 24.1. The number of benzene rings is 4. The maximum Gasteiger partial charge on any atom is 0.239 e. The van der Waals surface area contributed by atoms with Crippen LogP contribution in [0.25, 0.3) is 54.6 Å². The molecule has 0 atom stereocenters. The van der Waals surface area contributed by atoms with Crippen LogP contribution in [0.5, 0.6) is 0 Å². The molecule has 4 aromatic carbocycles. The molecule has 0 aliphatic heterocycles. The molecule has 8 rings (SSSR count). The molecule has 0 amide bonds. The summed E-state index contributed by atoms with van der Waals surface area (Å²) in [4.78, 5) is 13.8. The van der Waals surface area contributed by atoms with Gasteiger partial charge >= 0.3 is 0 Å². The minimum atomic E-state index is -0.120. The van der Waals surface area contributed by atoms with E-state index in [-0.39, 0.29) is 12.1 Å². The number of hydrogen-bond acceptors (Lipinski definition) is 2. The van der Waals surface area contributed by atoms with Gasteiger partial charge in [0.1, 0.15) is 5.82 Å². The van der Waals surface area contributed by atoms with Crippen LogP contribution < -0.4 is 16.4 Å². The standard InChI is InChI=1S/C44H38BN5/c1-28-29(2)49(7)42-27-48-39(26-38(28)42)30-21-34(24-35(22-30)46-6)45(32-13-9-8-10-14-32)33-17-18-37-36-15-11-12-16-40(36)50(41(37)25-33)43-23-31(19-20-47-43)44(3,4)5/h8-27H,1-5,7H3. The lowest BCUT2D eigenvalue weighted by Gasteiger charge is -2.20. The Morgan fingerprint density at radius 3 is 2.22 bits per heavy atom. The van der Waals surface area contributed by atoms with Crippen molar-refractivity contribution in [3.05, 3.63) is 150 Å². The number of pyridine rings is 2. The minimum absolute atomic E-state index is 0.0108. The summed E-state index contributed by atoms with van der Waals surface area (Å²) in [5.74, 6) is 0.905. The van der Waals surface area contributed by atoms with Crippen molar-refractivity contribution in [1.82, 2.24) is 19.1 Å². The van der Waals surface area contributed by atoms with Gasteiger partial charge in [-0.1, -0.05) is 110 Å². The van der Waals surface area contributed by atoms with E-state index in [4.69, 9.17) is 16.5 Å². The Kier molecular flexibility index (Phi) is 7.46. The molecule has 50 heavy (non-hydrogen) atoms. The zero-order chi connectivity index (χ0) is 34.7. The molecule has 0 radical (unpaired) electrons. The highest BCUT2D eigenvalue weighted by Gasteiger charge is 2.25. The molecule has 0 aliphatic rings. The summed E-state index contributed by atoms with van der Waals surface area (Å²) in [6.45, 7) is 19.0. The molecule has 8 aromatic rings. The minimum Gasteiger partial charge on any atom is -0.346 e. The number of hydrogen-bond donors (Lipinski definition) is 0. The normalized spacial score (nSPS) is 11.8. The number of para-hydroxylation sites is 1. The van der Waals surface area contributed by atoms with Crippen LogP contribution in [0.15, 0.2) is 122 Å². The van der Waals surface area contributed by atoms with Crippen LogP contribution in [0.1, 0.15) is 37.6 Å². The van der Waals surface area contributed by atoms with Crippen molar-refractivity contribution >= 4 is 61.5 Å². The summed E-state index contributed by atoms with van der Waals surface area (Å²) in [6.07, 6.45) is 3.88. The number of nitrogens with zero attached hydrogens (tertiary/aromatic N) is 5. The number of aryl methyl sites for hydroxylation is 2. The monoisotopic (exact) mass is 647 g/mol. The van der Waals surface area contributed by atoms with Crippen LogP contribution >= 0.6 is 0 Å². The van der Waals surface area contributed by atoms with Gasteiger partial charge < -0.3 is 4.57 Å². The van der Waals surface area contributed by atoms with E-state index < -0.39 is 0 Å². The Morgan fingerprint density at radius 1 is 0.680 bits per heavy atom. The van der Waals surface area contributed by atoms with Crippen molar-refractivity contribution in [2.75, 3.05) is 0 Å². The van der Waals surface area contributed by atoms with E-state index in [1.165, 1.54) is 33.0 Å². The fraction of sp³-hybridized carbons (Fsp3) is 0.159. The lowest BCUT2D eigenvalue weighted by molar-refractivity contribution is 0.588. The predicted octanol–water partition coefficient (Wildman–Crippen LogP) is 8.71. The quantitative estimate of drug-likeness (QED) is 0.139. The van der Waals surface area contributed by atoms with Gasteiger partial charge in [0, 0.05) is 35.1 Å². The zero-order valence-corrected chi connectivity index (χ0v) is 29.4. The van der Waals surface area contributed by atoms with Crippen molar-refractivity contribution in [2.45, 2.75) is 40.0 Å². The molecule has 242 valence electrons. The third kappa shape index (κ3) is 5.18. The predicted molar refractivity (Wildman–Crippen MR) is 210 cm³/mol. The van der Waals surface area contributed by atoms with Crippen LogP contribution in [0.2, 0.25) is 0 Å². The van der Waals surface area contributed by atoms with Crippen LogP contribution in [0.3, 0.4) is 0 Å². The molecule has 0 saturated carbocycles. The summed E-state index contributed by atoms with van der Waals surface area (Å²) in [7, 11) is 2.09. The van der Waals surface area contributed by atoms with Crippen molar-refractivity contribution in [1.29, 1.82) is 0 Å². The van der Waals surface area contributed by atoms with Gasteiger partial charge in [-0.15, -0.1) is 0 Å². The molecule has 0 unspecified atom stereocenters. The van der Waals surface area contributed by atoms with Crippen molar-refractivity contribution in [3.8, 4) is 17.1 Å². The van der Waals surface area contributed by atoms with Gasteiger partial charge in [0.05, 0.1) is 35.0 Å². The smallest absolute Gasteiger partial charge is 0.239 e. The lowest BCUT2D eigenvalue weighted by Crippen LogP contribution is -2.52. The molecule has 0 spiro atoms. The molecule has 5 nitrogen and oxygen atoms in total. The van der Waals surface area contributed by atoms with E-state index >= 15 is 0 Å². The second-order valence-electron chi connectivity index (χ2n) is 14.4. The fourth-order valence-electron chi connectivity index (χ4n) is 7.46. The van der Waals surface area contributed by atoms with Crippen molar-refractivity contribution in [2.24, 2.45) is 7.05 Å². The largest absolute Gasteiger partial charge is 0.346 e. The Labute approximate surface area is 293 Å². The van der Waals surface area contributed by atoms with E-state index in [9.17, 15) is 0 Å². The van der Waals surface area contributed by atoms with Gasteiger partial charge in [-0.3, -0.25) is 9.55 Å². The Balaban J connectivity index is 1.36. The van der Waals surface area contributed by atoms with Gasteiger partial charge in [0.25, 0.3) is 0 Å². The zero-order valence-electron chi connectivity index (χ0n) is 29.4. The number of rotatable bonds is 5. The SMILES string of the molecule is [C-]#[N+]c1cc(B(c2ccccc2)c2ccc3c4ccccc4n(-c4cc(C(C)(C)C)ccn4)c3c2)cc(-c2cc3c(C)c(C)n(C)c3cn2)c1. The highest BCUT2D eigenvalue weighted by atomic mass is 15.1. The molecule has 4 aromatic heterocycles. The van der Waals surface area contributed by atoms with Crippen LogP contribution in [-0.2, 0) is 12.5 Å². The fourth-order valence-corrected chi connectivity index (χ4v) is 7.46. The van der Waals surface area contributed by atoms with Gasteiger partial charge in [-0.05, 0) is 72.4 Å². The summed E-state index contributed by atoms with van der Waals surface area (Å²) in [5, 5.41) is 3.56. The lowest BCUT2D eigenvalue weighted by atomic mass is 9.36. The third-order valence-corrected chi connectivity index (χ3v) is 10.4. The average molecular weight is 648 g/mol. The molecule has 0 N–H and O–H groups in total. The highest BCUT2D eigenvalue weighted by molar-refractivity contribution is 6.95. The molecule has 4 heterocycles. The van der Waals surface area contributed by atoms with E-state index in [0.29, 0.717) is 5.69 Å². The maximum atomic E-state index is 8.09. The summed E-state index contributed by atoms with van der Waals surface area (Å²) in [6, 6.07) is 38.7. The topological polar surface area (TPSA) is 40.0 Å². The first kappa shape index (κ1) is 31.3. The van der Waals surface area contributed by atoms with E-state index in [0.717, 1.165) is 50.0 Å².